The van der Waals surface area contributed by atoms with E-state index in [-0.39, 0.29) is 12.1 Å². The maximum absolute atomic E-state index is 13.8. The fourth-order valence-corrected chi connectivity index (χ4v) is 4.70. The number of nitrogens with zero attached hydrogens (tertiary/aromatic N) is 1. The predicted molar refractivity (Wildman–Crippen MR) is 147 cm³/mol. The van der Waals surface area contributed by atoms with Gasteiger partial charge in [-0.25, -0.2) is 4.79 Å². The second-order valence-corrected chi connectivity index (χ2v) is 9.43. The van der Waals surface area contributed by atoms with Crippen molar-refractivity contribution in [1.82, 2.24) is 4.98 Å². The van der Waals surface area contributed by atoms with Gasteiger partial charge in [0, 0.05) is 11.6 Å². The van der Waals surface area contributed by atoms with Crippen LogP contribution in [0, 0.1) is 0 Å². The molecule has 0 aliphatic carbocycles. The van der Waals surface area contributed by atoms with Gasteiger partial charge in [-0.2, -0.15) is 13.2 Å². The van der Waals surface area contributed by atoms with Crippen LogP contribution in [-0.4, -0.2) is 18.1 Å². The van der Waals surface area contributed by atoms with Crippen molar-refractivity contribution in [2.45, 2.75) is 25.6 Å². The number of methoxy groups -OCH3 is 1. The van der Waals surface area contributed by atoms with Gasteiger partial charge in [0.05, 0.1) is 23.8 Å². The normalized spacial score (nSPS) is 11.4. The van der Waals surface area contributed by atoms with Crippen LogP contribution >= 0.6 is 0 Å². The Kier molecular flexibility index (Phi) is 7.82. The molecule has 0 saturated heterocycles. The van der Waals surface area contributed by atoms with Crippen LogP contribution in [0.4, 0.5) is 13.2 Å². The van der Waals surface area contributed by atoms with Crippen LogP contribution < -0.4 is 4.74 Å². The summed E-state index contributed by atoms with van der Waals surface area (Å²) in [5.41, 5.74) is 4.16. The van der Waals surface area contributed by atoms with Gasteiger partial charge in [0.25, 0.3) is 0 Å². The van der Waals surface area contributed by atoms with E-state index in [1.807, 2.05) is 54.6 Å². The van der Waals surface area contributed by atoms with Crippen molar-refractivity contribution in [1.29, 1.82) is 0 Å². The quantitative estimate of drug-likeness (QED) is 0.188. The molecule has 40 heavy (non-hydrogen) atoms. The number of rotatable bonds is 8. The first-order valence-electron chi connectivity index (χ1n) is 12.7. The highest BCUT2D eigenvalue weighted by Gasteiger charge is 2.33. The lowest BCUT2D eigenvalue weighted by Gasteiger charge is -2.17. The average Bonchev–Trinajstić information content (AvgIpc) is 2.97. The number of carbonyl (C=O) groups is 1. The summed E-state index contributed by atoms with van der Waals surface area (Å²) in [6, 6.07) is 28.5. The van der Waals surface area contributed by atoms with Crippen LogP contribution in [0.3, 0.4) is 0 Å². The fourth-order valence-electron chi connectivity index (χ4n) is 4.70. The molecule has 0 radical (unpaired) electrons. The summed E-state index contributed by atoms with van der Waals surface area (Å²) >= 11 is 0. The van der Waals surface area contributed by atoms with E-state index < -0.39 is 17.7 Å². The number of carbonyl (C=O) groups excluding carboxylic acids is 1. The Bertz CT molecular complexity index is 1630. The molecule has 0 atom stereocenters. The van der Waals surface area contributed by atoms with Crippen LogP contribution in [0.15, 0.2) is 103 Å². The summed E-state index contributed by atoms with van der Waals surface area (Å²) in [5.74, 6) is 0.228. The van der Waals surface area contributed by atoms with Gasteiger partial charge in [-0.1, -0.05) is 66.7 Å². The smallest absolute Gasteiger partial charge is 0.418 e. The molecule has 4 aromatic carbocycles. The number of aromatic nitrogens is 1. The second-order valence-electron chi connectivity index (χ2n) is 9.43. The lowest BCUT2D eigenvalue weighted by Crippen LogP contribution is -2.08. The monoisotopic (exact) mass is 541 g/mol. The third kappa shape index (κ3) is 6.15. The molecule has 0 bridgehead atoms. The summed E-state index contributed by atoms with van der Waals surface area (Å²) in [5, 5.41) is 0.486. The molecule has 5 rings (SSSR count). The highest BCUT2D eigenvalue weighted by atomic mass is 19.4. The number of alkyl halides is 3. The molecule has 1 heterocycles. The number of hydrogen-bond acceptors (Lipinski definition) is 4. The van der Waals surface area contributed by atoms with E-state index in [1.165, 1.54) is 13.2 Å². The highest BCUT2D eigenvalue weighted by Crippen LogP contribution is 2.36. The molecule has 202 valence electrons. The molecule has 0 fully saturated rings. The van der Waals surface area contributed by atoms with Gasteiger partial charge in [-0.3, -0.25) is 4.98 Å². The van der Waals surface area contributed by atoms with Crippen LogP contribution in [0.5, 0.6) is 5.75 Å². The predicted octanol–water partition coefficient (Wildman–Crippen LogP) is 7.80. The maximum Gasteiger partial charge on any atom is 0.418 e. The van der Waals surface area contributed by atoms with Gasteiger partial charge in [-0.15, -0.1) is 0 Å². The number of para-hydroxylation sites is 1. The molecule has 0 aliphatic rings. The molecule has 1 aromatic heterocycles. The minimum absolute atomic E-state index is 0.0513. The van der Waals surface area contributed by atoms with E-state index in [9.17, 15) is 18.0 Å². The zero-order valence-electron chi connectivity index (χ0n) is 21.7. The first-order valence-corrected chi connectivity index (χ1v) is 12.7. The van der Waals surface area contributed by atoms with E-state index in [1.54, 1.807) is 36.5 Å². The van der Waals surface area contributed by atoms with Crippen molar-refractivity contribution in [3.63, 3.8) is 0 Å². The van der Waals surface area contributed by atoms with E-state index in [2.05, 4.69) is 4.98 Å². The molecule has 0 saturated carbocycles. The van der Waals surface area contributed by atoms with Crippen LogP contribution in [0.1, 0.15) is 43.7 Å². The Morgan fingerprint density at radius 2 is 1.52 bits per heavy atom. The number of esters is 1. The lowest BCUT2D eigenvalue weighted by molar-refractivity contribution is -0.136. The minimum atomic E-state index is -4.51. The molecular weight excluding hydrogens is 515 g/mol. The van der Waals surface area contributed by atoms with Crippen LogP contribution in [-0.2, 0) is 30.4 Å². The molecule has 0 N–H and O–H groups in total. The summed E-state index contributed by atoms with van der Waals surface area (Å²) < 4.78 is 52.1. The zero-order valence-corrected chi connectivity index (χ0v) is 21.7. The number of fused-ring (bicyclic) bond motifs is 1. The van der Waals surface area contributed by atoms with Gasteiger partial charge in [0.1, 0.15) is 12.4 Å². The van der Waals surface area contributed by atoms with Gasteiger partial charge >= 0.3 is 12.1 Å². The highest BCUT2D eigenvalue weighted by molar-refractivity contribution is 5.89. The number of hydrogen-bond donors (Lipinski definition) is 0. The van der Waals surface area contributed by atoms with Crippen molar-refractivity contribution >= 4 is 16.9 Å². The van der Waals surface area contributed by atoms with Gasteiger partial charge in [-0.05, 0) is 71.0 Å². The number of pyridine rings is 1. The van der Waals surface area contributed by atoms with E-state index in [4.69, 9.17) is 9.47 Å². The van der Waals surface area contributed by atoms with E-state index in [0.29, 0.717) is 29.5 Å². The molecule has 7 heteroatoms. The summed E-state index contributed by atoms with van der Waals surface area (Å²) in [7, 11) is 1.33. The first-order chi connectivity index (χ1) is 19.3. The molecular formula is C33H26F3NO3. The Morgan fingerprint density at radius 1 is 0.800 bits per heavy atom. The average molecular weight is 542 g/mol. The Hall–Kier alpha value is -4.65. The molecule has 4 nitrogen and oxygen atoms in total. The van der Waals surface area contributed by atoms with Gasteiger partial charge in [0.15, 0.2) is 0 Å². The number of ether oxygens (including phenoxy) is 2. The maximum atomic E-state index is 13.8. The topological polar surface area (TPSA) is 48.4 Å². The van der Waals surface area contributed by atoms with Crippen LogP contribution in [0.25, 0.3) is 10.9 Å². The van der Waals surface area contributed by atoms with E-state index >= 15 is 0 Å². The third-order valence-corrected chi connectivity index (χ3v) is 6.70. The minimum Gasteiger partial charge on any atom is -0.489 e. The standard InChI is InChI=1S/C33H26F3NO3/c1-39-32(38)25-15-13-23(14-16-25)21-40-27-10-5-9-24(18-27)19-29-26(17-22-7-3-2-4-8-22)20-37-31-28(29)11-6-12-30(31)33(34,35)36/h2-16,18,20H,17,19,21H2,1H3. The van der Waals surface area contributed by atoms with Gasteiger partial charge < -0.3 is 9.47 Å². The molecule has 0 spiro atoms. The molecule has 0 unspecified atom stereocenters. The van der Waals surface area contributed by atoms with Crippen molar-refractivity contribution in [3.8, 4) is 5.75 Å². The first kappa shape index (κ1) is 26.9. The second kappa shape index (κ2) is 11.6. The Labute approximate surface area is 230 Å². The summed E-state index contributed by atoms with van der Waals surface area (Å²) in [4.78, 5) is 15.9. The SMILES string of the molecule is COC(=O)c1ccc(COc2cccc(Cc3c(Cc4ccccc4)cnc4c(C(F)(F)F)cccc34)c2)cc1. The lowest BCUT2D eigenvalue weighted by atomic mass is 9.92. The zero-order chi connectivity index (χ0) is 28.1. The summed E-state index contributed by atoms with van der Waals surface area (Å²) in [6.45, 7) is 0.289. The van der Waals surface area contributed by atoms with Crippen molar-refractivity contribution < 1.29 is 27.4 Å². The molecule has 5 aromatic rings. The molecule has 0 amide bonds. The van der Waals surface area contributed by atoms with Crippen LogP contribution in [0.2, 0.25) is 0 Å². The van der Waals surface area contributed by atoms with Crippen molar-refractivity contribution in [2.75, 3.05) is 7.11 Å². The molecule has 0 aliphatic heterocycles. The van der Waals surface area contributed by atoms with E-state index in [0.717, 1.165) is 33.9 Å². The largest absolute Gasteiger partial charge is 0.489 e. The number of benzene rings is 4. The van der Waals surface area contributed by atoms with Crippen molar-refractivity contribution in [3.05, 3.63) is 142 Å². The Morgan fingerprint density at radius 3 is 2.25 bits per heavy atom. The number of halogens is 3. The fraction of sp³-hybridized carbons (Fsp3) is 0.152. The van der Waals surface area contributed by atoms with Crippen molar-refractivity contribution in [2.24, 2.45) is 0 Å². The third-order valence-electron chi connectivity index (χ3n) is 6.70. The van der Waals surface area contributed by atoms with Gasteiger partial charge in [0.2, 0.25) is 0 Å². The Balaban J connectivity index is 1.44. The summed E-state index contributed by atoms with van der Waals surface area (Å²) in [6.07, 6.45) is -1.98.